The maximum absolute atomic E-state index is 13.0. The van der Waals surface area contributed by atoms with E-state index in [0.29, 0.717) is 23.5 Å². The van der Waals surface area contributed by atoms with Crippen molar-refractivity contribution in [2.75, 3.05) is 0 Å². The predicted octanol–water partition coefficient (Wildman–Crippen LogP) is 7.45. The van der Waals surface area contributed by atoms with Gasteiger partial charge in [-0.15, -0.1) is 0 Å². The molecule has 0 aliphatic rings. The average molecular weight is 561 g/mol. The van der Waals surface area contributed by atoms with Crippen LogP contribution in [0.1, 0.15) is 75.9 Å². The van der Waals surface area contributed by atoms with E-state index in [4.69, 9.17) is 14.2 Å². The molecule has 0 heterocycles. The molecule has 0 aliphatic heterocycles. The van der Waals surface area contributed by atoms with Crippen molar-refractivity contribution in [1.29, 1.82) is 0 Å². The Morgan fingerprint density at radius 2 is 1.20 bits per heavy atom. The number of rotatable bonds is 9. The number of ether oxygens (including phenoxy) is 3. The van der Waals surface area contributed by atoms with Crippen LogP contribution in [0.5, 0.6) is 11.5 Å². The minimum atomic E-state index is -0.770. The molecule has 0 aromatic heterocycles. The number of hydrogen-bond acceptors (Lipinski definition) is 6. The first kappa shape index (κ1) is 31.1. The van der Waals surface area contributed by atoms with Crippen LogP contribution >= 0.6 is 0 Å². The highest BCUT2D eigenvalue weighted by Crippen LogP contribution is 2.32. The smallest absolute Gasteiger partial charge is 0.408 e. The van der Waals surface area contributed by atoms with E-state index in [-0.39, 0.29) is 5.75 Å². The fourth-order valence-corrected chi connectivity index (χ4v) is 3.96. The van der Waals surface area contributed by atoms with Crippen LogP contribution < -0.4 is 15.4 Å². The molecule has 0 saturated carbocycles. The summed E-state index contributed by atoms with van der Waals surface area (Å²) >= 11 is 0. The molecule has 0 unspecified atom stereocenters. The minimum absolute atomic E-state index is 0.0713. The number of benzene rings is 3. The summed E-state index contributed by atoms with van der Waals surface area (Å²) in [6.07, 6.45) is 0.475. The Labute approximate surface area is 242 Å². The quantitative estimate of drug-likeness (QED) is 0.251. The van der Waals surface area contributed by atoms with Gasteiger partial charge in [0.1, 0.15) is 29.3 Å². The SMILES string of the molecule is C=Cc1ccc(COc2ccc([C@@H](NC(=O)OC(C)(C)C)[C@H](NC(=O)OC(C)(C)C)c3ccc(O)cc3)cc2)cc1. The predicted molar refractivity (Wildman–Crippen MR) is 160 cm³/mol. The second-order valence-corrected chi connectivity index (χ2v) is 11.6. The second-order valence-electron chi connectivity index (χ2n) is 11.6. The zero-order valence-corrected chi connectivity index (χ0v) is 24.6. The highest BCUT2D eigenvalue weighted by molar-refractivity contribution is 5.71. The second kappa shape index (κ2) is 13.3. The summed E-state index contributed by atoms with van der Waals surface area (Å²) in [5.74, 6) is 0.709. The lowest BCUT2D eigenvalue weighted by Gasteiger charge is -2.31. The molecule has 3 N–H and O–H groups in total. The van der Waals surface area contributed by atoms with Gasteiger partial charge in [0.2, 0.25) is 0 Å². The summed E-state index contributed by atoms with van der Waals surface area (Å²) in [6, 6.07) is 20.0. The first-order valence-corrected chi connectivity index (χ1v) is 13.4. The molecule has 8 nitrogen and oxygen atoms in total. The molecule has 0 aliphatic carbocycles. The number of hydrogen-bond donors (Lipinski definition) is 3. The number of aromatic hydroxyl groups is 1. The van der Waals surface area contributed by atoms with Crippen LogP contribution in [0.4, 0.5) is 9.59 Å². The molecule has 2 atom stereocenters. The topological polar surface area (TPSA) is 106 Å². The van der Waals surface area contributed by atoms with Crippen LogP contribution in [0.15, 0.2) is 79.4 Å². The maximum atomic E-state index is 13.0. The number of nitrogens with one attached hydrogen (secondary N) is 2. The van der Waals surface area contributed by atoms with Crippen LogP contribution in [0.3, 0.4) is 0 Å². The van der Waals surface area contributed by atoms with E-state index in [2.05, 4.69) is 17.2 Å². The van der Waals surface area contributed by atoms with Crippen LogP contribution in [0.2, 0.25) is 0 Å². The lowest BCUT2D eigenvalue weighted by Crippen LogP contribution is -2.44. The molecule has 3 aromatic rings. The molecule has 3 aromatic carbocycles. The number of amides is 2. The van der Waals surface area contributed by atoms with Crippen molar-refractivity contribution in [3.8, 4) is 11.5 Å². The van der Waals surface area contributed by atoms with Crippen molar-refractivity contribution in [1.82, 2.24) is 10.6 Å². The van der Waals surface area contributed by atoms with Gasteiger partial charge in [0, 0.05) is 0 Å². The van der Waals surface area contributed by atoms with Gasteiger partial charge in [-0.25, -0.2) is 9.59 Å². The van der Waals surface area contributed by atoms with E-state index >= 15 is 0 Å². The number of phenols is 1. The molecule has 0 fully saturated rings. The van der Waals surface area contributed by atoms with Crippen molar-refractivity contribution in [2.45, 2.75) is 71.4 Å². The Hall–Kier alpha value is -4.46. The van der Waals surface area contributed by atoms with E-state index in [1.165, 1.54) is 12.1 Å². The molecule has 0 saturated heterocycles. The van der Waals surface area contributed by atoms with Gasteiger partial charge in [0.05, 0.1) is 12.1 Å². The van der Waals surface area contributed by atoms with Crippen LogP contribution in [-0.2, 0) is 16.1 Å². The van der Waals surface area contributed by atoms with Crippen molar-refractivity contribution in [2.24, 2.45) is 0 Å². The first-order valence-electron chi connectivity index (χ1n) is 13.4. The number of alkyl carbamates (subject to hydrolysis) is 2. The van der Waals surface area contributed by atoms with Gasteiger partial charge in [-0.05, 0) is 88.1 Å². The molecular weight excluding hydrogens is 520 g/mol. The fraction of sp³-hybridized carbons (Fsp3) is 0.333. The monoisotopic (exact) mass is 560 g/mol. The summed E-state index contributed by atoms with van der Waals surface area (Å²) < 4.78 is 17.0. The zero-order chi connectivity index (χ0) is 30.2. The van der Waals surface area contributed by atoms with Crippen molar-refractivity contribution in [3.63, 3.8) is 0 Å². The summed E-state index contributed by atoms with van der Waals surface area (Å²) in [6.45, 7) is 14.8. The van der Waals surface area contributed by atoms with Gasteiger partial charge in [-0.1, -0.05) is 61.2 Å². The van der Waals surface area contributed by atoms with Gasteiger partial charge >= 0.3 is 12.2 Å². The molecule has 0 radical (unpaired) electrons. The van der Waals surface area contributed by atoms with E-state index in [1.807, 2.05) is 36.4 Å². The van der Waals surface area contributed by atoms with Crippen LogP contribution in [0.25, 0.3) is 6.08 Å². The van der Waals surface area contributed by atoms with Crippen molar-refractivity contribution in [3.05, 3.63) is 102 Å². The largest absolute Gasteiger partial charge is 0.508 e. The van der Waals surface area contributed by atoms with E-state index in [1.54, 1.807) is 71.9 Å². The van der Waals surface area contributed by atoms with E-state index in [0.717, 1.165) is 11.1 Å². The molecule has 2 amide bonds. The third kappa shape index (κ3) is 10.2. The molecule has 3 rings (SSSR count). The van der Waals surface area contributed by atoms with E-state index in [9.17, 15) is 14.7 Å². The van der Waals surface area contributed by atoms with Crippen molar-refractivity contribution < 1.29 is 28.9 Å². The third-order valence-corrected chi connectivity index (χ3v) is 5.79. The number of carbonyl (C=O) groups is 2. The normalized spacial score (nSPS) is 12.9. The molecule has 0 bridgehead atoms. The van der Waals surface area contributed by atoms with Gasteiger partial charge in [0.25, 0.3) is 0 Å². The molecule has 218 valence electrons. The zero-order valence-electron chi connectivity index (χ0n) is 24.6. The maximum Gasteiger partial charge on any atom is 0.408 e. The lowest BCUT2D eigenvalue weighted by atomic mass is 9.93. The highest BCUT2D eigenvalue weighted by atomic mass is 16.6. The summed E-state index contributed by atoms with van der Waals surface area (Å²) in [7, 11) is 0. The summed E-state index contributed by atoms with van der Waals surface area (Å²) in [5.41, 5.74) is 1.90. The Bertz CT molecular complexity index is 1300. The minimum Gasteiger partial charge on any atom is -0.508 e. The van der Waals surface area contributed by atoms with E-state index < -0.39 is 35.5 Å². The Morgan fingerprint density at radius 3 is 1.61 bits per heavy atom. The average Bonchev–Trinajstić information content (AvgIpc) is 2.88. The highest BCUT2D eigenvalue weighted by Gasteiger charge is 2.31. The molecule has 0 spiro atoms. The Balaban J connectivity index is 1.92. The fourth-order valence-electron chi connectivity index (χ4n) is 3.96. The van der Waals surface area contributed by atoms with Crippen molar-refractivity contribution >= 4 is 18.3 Å². The van der Waals surface area contributed by atoms with Gasteiger partial charge in [-0.2, -0.15) is 0 Å². The van der Waals surface area contributed by atoms with Gasteiger partial charge in [-0.3, -0.25) is 0 Å². The van der Waals surface area contributed by atoms with Gasteiger partial charge in [0.15, 0.2) is 0 Å². The van der Waals surface area contributed by atoms with Crippen LogP contribution in [0, 0.1) is 0 Å². The lowest BCUT2D eigenvalue weighted by molar-refractivity contribution is 0.0427. The number of phenolic OH excluding ortho intramolecular Hbond substituents is 1. The Morgan fingerprint density at radius 1 is 0.756 bits per heavy atom. The molecular formula is C33H40N2O6. The van der Waals surface area contributed by atoms with Gasteiger partial charge < -0.3 is 30.0 Å². The first-order chi connectivity index (χ1) is 19.2. The summed E-state index contributed by atoms with van der Waals surface area (Å²) in [4.78, 5) is 25.9. The standard InChI is InChI=1S/C33H40N2O6/c1-8-22-9-11-23(12-10-22)21-39-27-19-15-25(16-20-27)29(35-31(38)41-33(5,6)7)28(24-13-17-26(36)18-14-24)34-30(37)40-32(2,3)4/h8-20,28-29,36H,1,21H2,2-7H3,(H,34,37)(H,35,38)/t28-,29-/m1/s1. The summed E-state index contributed by atoms with van der Waals surface area (Å²) in [5, 5.41) is 15.7. The van der Waals surface area contributed by atoms with Crippen LogP contribution in [-0.4, -0.2) is 28.5 Å². The molecule has 41 heavy (non-hydrogen) atoms. The third-order valence-electron chi connectivity index (χ3n) is 5.79. The number of carbonyl (C=O) groups excluding carboxylic acids is 2. The molecule has 8 heteroatoms. The Kier molecular flexibility index (Phi) is 10.1.